The molecule has 19 heavy (non-hydrogen) atoms. The molecule has 1 heterocycles. The molecular weight excluding hydrogens is 322 g/mol. The van der Waals surface area contributed by atoms with Crippen molar-refractivity contribution < 1.29 is 18.3 Å². The van der Waals surface area contributed by atoms with E-state index in [9.17, 15) is 13.6 Å². The Labute approximate surface area is 116 Å². The molecule has 0 saturated heterocycles. The van der Waals surface area contributed by atoms with E-state index in [1.54, 1.807) is 0 Å². The lowest BCUT2D eigenvalue weighted by atomic mass is 10.2. The van der Waals surface area contributed by atoms with E-state index in [0.29, 0.717) is 10.2 Å². The van der Waals surface area contributed by atoms with Gasteiger partial charge in [0.05, 0.1) is 7.11 Å². The van der Waals surface area contributed by atoms with Crippen LogP contribution < -0.4 is 0 Å². The molecule has 0 aliphatic rings. The number of benzene rings is 1. The minimum absolute atomic E-state index is 0.0547. The summed E-state index contributed by atoms with van der Waals surface area (Å²) in [7, 11) is 1.23. The first kappa shape index (κ1) is 13.7. The molecule has 0 aliphatic carbocycles. The fourth-order valence-electron chi connectivity index (χ4n) is 1.66. The molecule has 0 amide bonds. The largest absolute Gasteiger partial charge is 0.463 e. The third kappa shape index (κ3) is 3.17. The highest BCUT2D eigenvalue weighted by Gasteiger charge is 2.16. The lowest BCUT2D eigenvalue weighted by molar-refractivity contribution is 0.0581. The van der Waals surface area contributed by atoms with Gasteiger partial charge in [0.2, 0.25) is 5.82 Å². The normalized spacial score (nSPS) is 10.5. The van der Waals surface area contributed by atoms with Gasteiger partial charge in [-0.1, -0.05) is 0 Å². The van der Waals surface area contributed by atoms with Crippen molar-refractivity contribution in [3.8, 4) is 0 Å². The van der Waals surface area contributed by atoms with E-state index in [4.69, 9.17) is 0 Å². The highest BCUT2D eigenvalue weighted by molar-refractivity contribution is 9.10. The van der Waals surface area contributed by atoms with Crippen LogP contribution in [-0.2, 0) is 11.3 Å². The van der Waals surface area contributed by atoms with Crippen LogP contribution in [0.1, 0.15) is 16.2 Å². The van der Waals surface area contributed by atoms with Crippen LogP contribution in [0.2, 0.25) is 0 Å². The molecule has 1 aromatic heterocycles. The van der Waals surface area contributed by atoms with Crippen molar-refractivity contribution in [3.05, 3.63) is 52.0 Å². The summed E-state index contributed by atoms with van der Waals surface area (Å²) in [5.74, 6) is -1.91. The van der Waals surface area contributed by atoms with E-state index in [1.807, 2.05) is 0 Å². The molecule has 0 spiro atoms. The highest BCUT2D eigenvalue weighted by Crippen LogP contribution is 2.15. The number of carbonyl (C=O) groups excluding carboxylic acids is 1. The summed E-state index contributed by atoms with van der Waals surface area (Å²) in [5, 5.41) is 0. The molecule has 0 atom stereocenters. The fraction of sp³-hybridized carbons (Fsp3) is 0.167. The first-order valence-electron chi connectivity index (χ1n) is 5.25. The Morgan fingerprint density at radius 3 is 2.58 bits per heavy atom. The number of imidazole rings is 1. The van der Waals surface area contributed by atoms with E-state index < -0.39 is 17.6 Å². The monoisotopic (exact) mass is 330 g/mol. The summed E-state index contributed by atoms with van der Waals surface area (Å²) >= 11 is 3.13. The van der Waals surface area contributed by atoms with Crippen molar-refractivity contribution in [3.63, 3.8) is 0 Å². The van der Waals surface area contributed by atoms with Crippen molar-refractivity contribution in [2.75, 3.05) is 7.11 Å². The maximum Gasteiger partial charge on any atom is 0.374 e. The van der Waals surface area contributed by atoms with Gasteiger partial charge in [0.25, 0.3) is 0 Å². The van der Waals surface area contributed by atoms with Gasteiger partial charge in [0.15, 0.2) is 0 Å². The third-order valence-corrected chi connectivity index (χ3v) is 2.77. The molecule has 0 fully saturated rings. The Hall–Kier alpha value is -1.76. The molecule has 0 aliphatic heterocycles. The van der Waals surface area contributed by atoms with Crippen LogP contribution in [-0.4, -0.2) is 22.6 Å². The average Bonchev–Trinajstić information content (AvgIpc) is 2.68. The molecule has 7 heteroatoms. The summed E-state index contributed by atoms with van der Waals surface area (Å²) in [5.41, 5.74) is 0.382. The molecule has 2 rings (SSSR count). The summed E-state index contributed by atoms with van der Waals surface area (Å²) in [4.78, 5) is 15.4. The summed E-state index contributed by atoms with van der Waals surface area (Å²) in [6.45, 7) is 0.109. The van der Waals surface area contributed by atoms with Crippen LogP contribution in [0.4, 0.5) is 8.78 Å². The van der Waals surface area contributed by atoms with Crippen LogP contribution in [0.25, 0.3) is 0 Å². The van der Waals surface area contributed by atoms with Crippen LogP contribution >= 0.6 is 15.9 Å². The first-order chi connectivity index (χ1) is 8.99. The van der Waals surface area contributed by atoms with Crippen LogP contribution in [0.5, 0.6) is 0 Å². The number of methoxy groups -OCH3 is 1. The minimum atomic E-state index is -0.672. The second-order valence-electron chi connectivity index (χ2n) is 3.78. The van der Waals surface area contributed by atoms with Crippen molar-refractivity contribution >= 4 is 21.9 Å². The molecule has 100 valence electrons. The number of ether oxygens (including phenoxy) is 1. The maximum absolute atomic E-state index is 13.1. The maximum atomic E-state index is 13.1. The van der Waals surface area contributed by atoms with Gasteiger partial charge in [-0.2, -0.15) is 0 Å². The zero-order valence-electron chi connectivity index (χ0n) is 9.86. The Kier molecular flexibility index (Phi) is 3.94. The second kappa shape index (κ2) is 5.48. The Bertz CT molecular complexity index is 608. The lowest BCUT2D eigenvalue weighted by Crippen LogP contribution is -2.12. The van der Waals surface area contributed by atoms with Crippen molar-refractivity contribution in [2.45, 2.75) is 6.54 Å². The van der Waals surface area contributed by atoms with Crippen molar-refractivity contribution in [1.29, 1.82) is 0 Å². The summed E-state index contributed by atoms with van der Waals surface area (Å²) in [6, 6.07) is 3.17. The molecule has 1 aromatic carbocycles. The first-order valence-corrected chi connectivity index (χ1v) is 6.05. The van der Waals surface area contributed by atoms with Crippen LogP contribution in [0, 0.1) is 11.6 Å². The Morgan fingerprint density at radius 1 is 1.37 bits per heavy atom. The number of nitrogens with zero attached hydrogens (tertiary/aromatic N) is 2. The van der Waals surface area contributed by atoms with Crippen LogP contribution in [0.15, 0.2) is 29.0 Å². The molecule has 2 aromatic rings. The quantitative estimate of drug-likeness (QED) is 0.813. The summed E-state index contributed by atoms with van der Waals surface area (Å²) < 4.78 is 32.7. The molecule has 0 unspecified atom stereocenters. The number of halogens is 3. The van der Waals surface area contributed by atoms with E-state index >= 15 is 0 Å². The summed E-state index contributed by atoms with van der Waals surface area (Å²) in [6.07, 6.45) is 1.54. The van der Waals surface area contributed by atoms with Gasteiger partial charge in [-0.3, -0.25) is 0 Å². The fourth-order valence-corrected chi connectivity index (χ4v) is 2.07. The number of aromatic nitrogens is 2. The van der Waals surface area contributed by atoms with E-state index in [2.05, 4.69) is 25.7 Å². The number of rotatable bonds is 3. The van der Waals surface area contributed by atoms with Gasteiger partial charge in [-0.25, -0.2) is 18.6 Å². The van der Waals surface area contributed by atoms with Gasteiger partial charge in [0.1, 0.15) is 16.2 Å². The standard InChI is InChI=1S/C12H9BrF2N2O2/c1-19-12(18)11-16-10(13)6-17(11)5-7-2-8(14)4-9(15)3-7/h2-4,6H,5H2,1H3. The number of esters is 1. The molecule has 0 N–H and O–H groups in total. The zero-order chi connectivity index (χ0) is 14.0. The molecule has 4 nitrogen and oxygen atoms in total. The van der Waals surface area contributed by atoms with E-state index in [1.165, 1.54) is 30.0 Å². The third-order valence-electron chi connectivity index (χ3n) is 2.39. The Morgan fingerprint density at radius 2 is 2.00 bits per heavy atom. The number of hydrogen-bond donors (Lipinski definition) is 0. The molecule has 0 radical (unpaired) electrons. The number of hydrogen-bond acceptors (Lipinski definition) is 3. The average molecular weight is 331 g/mol. The predicted octanol–water partition coefficient (Wildman–Crippen LogP) is 2.76. The van der Waals surface area contributed by atoms with Gasteiger partial charge >= 0.3 is 5.97 Å². The minimum Gasteiger partial charge on any atom is -0.463 e. The van der Waals surface area contributed by atoms with E-state index in [0.717, 1.165) is 6.07 Å². The van der Waals surface area contributed by atoms with Gasteiger partial charge in [-0.05, 0) is 33.6 Å². The van der Waals surface area contributed by atoms with Crippen LogP contribution in [0.3, 0.4) is 0 Å². The van der Waals surface area contributed by atoms with Crippen molar-refractivity contribution in [2.24, 2.45) is 0 Å². The van der Waals surface area contributed by atoms with Crippen molar-refractivity contribution in [1.82, 2.24) is 9.55 Å². The van der Waals surface area contributed by atoms with Gasteiger partial charge in [0, 0.05) is 18.8 Å². The number of carbonyl (C=O) groups is 1. The SMILES string of the molecule is COC(=O)c1nc(Br)cn1Cc1cc(F)cc(F)c1. The topological polar surface area (TPSA) is 44.1 Å². The second-order valence-corrected chi connectivity index (χ2v) is 4.60. The molecule has 0 saturated carbocycles. The zero-order valence-corrected chi connectivity index (χ0v) is 11.4. The lowest BCUT2D eigenvalue weighted by Gasteiger charge is -2.06. The van der Waals surface area contributed by atoms with Gasteiger partial charge in [-0.15, -0.1) is 0 Å². The predicted molar refractivity (Wildman–Crippen MR) is 66.7 cm³/mol. The molecular formula is C12H9BrF2N2O2. The van der Waals surface area contributed by atoms with Gasteiger partial charge < -0.3 is 9.30 Å². The Balaban J connectivity index is 2.35. The van der Waals surface area contributed by atoms with E-state index in [-0.39, 0.29) is 12.4 Å². The highest BCUT2D eigenvalue weighted by atomic mass is 79.9. The molecule has 0 bridgehead atoms. The smallest absolute Gasteiger partial charge is 0.374 e.